The van der Waals surface area contributed by atoms with Crippen LogP contribution in [0.15, 0.2) is 53.4 Å². The van der Waals surface area contributed by atoms with Crippen molar-refractivity contribution in [2.24, 2.45) is 0 Å². The zero-order chi connectivity index (χ0) is 21.0. The smallest absolute Gasteiger partial charge is 0.254 e. The van der Waals surface area contributed by atoms with E-state index in [2.05, 4.69) is 0 Å². The number of rotatable bonds is 5. The Morgan fingerprint density at radius 1 is 1.03 bits per heavy atom. The average molecular weight is 435 g/mol. The predicted octanol–water partition coefficient (Wildman–Crippen LogP) is 4.74. The van der Waals surface area contributed by atoms with E-state index in [1.54, 1.807) is 18.0 Å². The molecule has 5 nitrogen and oxygen atoms in total. The van der Waals surface area contributed by atoms with Gasteiger partial charge < -0.3 is 4.90 Å². The Bertz CT molecular complexity index is 955. The number of nitrogens with zero attached hydrogens (tertiary/aromatic N) is 2. The van der Waals surface area contributed by atoms with Gasteiger partial charge in [0, 0.05) is 25.7 Å². The van der Waals surface area contributed by atoms with Gasteiger partial charge in [0.15, 0.2) is 0 Å². The summed E-state index contributed by atoms with van der Waals surface area (Å²) in [4.78, 5) is 14.7. The first-order chi connectivity index (χ1) is 13.8. The van der Waals surface area contributed by atoms with Crippen molar-refractivity contribution >= 4 is 27.5 Å². The number of halogens is 1. The molecule has 2 aromatic carbocycles. The van der Waals surface area contributed by atoms with Crippen molar-refractivity contribution in [3.63, 3.8) is 0 Å². The zero-order valence-corrected chi connectivity index (χ0v) is 18.4. The number of benzene rings is 2. The van der Waals surface area contributed by atoms with Crippen molar-refractivity contribution in [1.82, 2.24) is 9.21 Å². The molecule has 0 aliphatic carbocycles. The number of sulfonamides is 1. The Hall–Kier alpha value is -1.89. The standard InChI is InChI=1S/C22H27ClN2O3S/c1-17(18-10-6-5-7-11-18)24(2)22(26)19-12-13-20(23)21(16-19)29(27,28)25-14-8-3-4-9-15-25/h5-7,10-13,16-17H,3-4,8-9,14-15H2,1-2H3. The summed E-state index contributed by atoms with van der Waals surface area (Å²) in [7, 11) is -2.02. The van der Waals surface area contributed by atoms with Gasteiger partial charge in [0.25, 0.3) is 5.91 Å². The Morgan fingerprint density at radius 2 is 1.66 bits per heavy atom. The van der Waals surface area contributed by atoms with Crippen molar-refractivity contribution in [3.8, 4) is 0 Å². The minimum Gasteiger partial charge on any atom is -0.335 e. The van der Waals surface area contributed by atoms with Crippen LogP contribution < -0.4 is 0 Å². The molecular weight excluding hydrogens is 408 g/mol. The van der Waals surface area contributed by atoms with E-state index in [1.165, 1.54) is 16.4 Å². The Kier molecular flexibility index (Phi) is 6.98. The number of hydrogen-bond acceptors (Lipinski definition) is 3. The highest BCUT2D eigenvalue weighted by Gasteiger charge is 2.29. The van der Waals surface area contributed by atoms with Gasteiger partial charge in [-0.05, 0) is 43.5 Å². The Morgan fingerprint density at radius 3 is 2.28 bits per heavy atom. The second-order valence-electron chi connectivity index (χ2n) is 7.47. The van der Waals surface area contributed by atoms with Gasteiger partial charge in [-0.1, -0.05) is 54.8 Å². The molecule has 0 saturated carbocycles. The van der Waals surface area contributed by atoms with Crippen molar-refractivity contribution in [2.45, 2.75) is 43.5 Å². The van der Waals surface area contributed by atoms with E-state index < -0.39 is 10.0 Å². The summed E-state index contributed by atoms with van der Waals surface area (Å²) in [5.74, 6) is -0.245. The molecule has 1 saturated heterocycles. The maximum absolute atomic E-state index is 13.2. The fraction of sp³-hybridized carbons (Fsp3) is 0.409. The van der Waals surface area contributed by atoms with Gasteiger partial charge in [-0.15, -0.1) is 0 Å². The van der Waals surface area contributed by atoms with Crippen LogP contribution in [0.5, 0.6) is 0 Å². The van der Waals surface area contributed by atoms with Crippen LogP contribution in [0, 0.1) is 0 Å². The van der Waals surface area contributed by atoms with Crippen LogP contribution in [0.4, 0.5) is 0 Å². The van der Waals surface area contributed by atoms with Crippen LogP contribution in [0.25, 0.3) is 0 Å². The van der Waals surface area contributed by atoms with Crippen LogP contribution >= 0.6 is 11.6 Å². The number of hydrogen-bond donors (Lipinski definition) is 0. The molecular formula is C22H27ClN2O3S. The van der Waals surface area contributed by atoms with E-state index in [-0.39, 0.29) is 21.9 Å². The lowest BCUT2D eigenvalue weighted by molar-refractivity contribution is 0.0742. The van der Waals surface area contributed by atoms with Gasteiger partial charge in [0.2, 0.25) is 10.0 Å². The molecule has 1 aliphatic rings. The van der Waals surface area contributed by atoms with Crippen LogP contribution in [0.1, 0.15) is 54.6 Å². The number of carbonyl (C=O) groups is 1. The fourth-order valence-electron chi connectivity index (χ4n) is 3.59. The molecule has 1 atom stereocenters. The van der Waals surface area contributed by atoms with Crippen molar-refractivity contribution in [1.29, 1.82) is 0 Å². The van der Waals surface area contributed by atoms with E-state index in [4.69, 9.17) is 11.6 Å². The van der Waals surface area contributed by atoms with Crippen LogP contribution in [-0.4, -0.2) is 43.7 Å². The second-order valence-corrected chi connectivity index (χ2v) is 9.78. The first-order valence-electron chi connectivity index (χ1n) is 9.94. The summed E-state index contributed by atoms with van der Waals surface area (Å²) in [5, 5.41) is 0.143. The largest absolute Gasteiger partial charge is 0.335 e. The molecule has 0 radical (unpaired) electrons. The van der Waals surface area contributed by atoms with Crippen LogP contribution in [-0.2, 0) is 10.0 Å². The molecule has 29 heavy (non-hydrogen) atoms. The average Bonchev–Trinajstić information content (AvgIpc) is 3.03. The Balaban J connectivity index is 1.89. The van der Waals surface area contributed by atoms with Crippen molar-refractivity contribution in [2.75, 3.05) is 20.1 Å². The lowest BCUT2D eigenvalue weighted by Gasteiger charge is -2.26. The highest BCUT2D eigenvalue weighted by Crippen LogP contribution is 2.29. The SMILES string of the molecule is CC(c1ccccc1)N(C)C(=O)c1ccc(Cl)c(S(=O)(=O)N2CCCCCC2)c1. The van der Waals surface area contributed by atoms with E-state index in [0.717, 1.165) is 31.2 Å². The minimum atomic E-state index is -3.74. The minimum absolute atomic E-state index is 0.00711. The van der Waals surface area contributed by atoms with Gasteiger partial charge in [-0.3, -0.25) is 4.79 Å². The quantitative estimate of drug-likeness (QED) is 0.683. The zero-order valence-electron chi connectivity index (χ0n) is 16.8. The van der Waals surface area contributed by atoms with Gasteiger partial charge >= 0.3 is 0 Å². The van der Waals surface area contributed by atoms with Gasteiger partial charge in [0.05, 0.1) is 11.1 Å². The summed E-state index contributed by atoms with van der Waals surface area (Å²) < 4.78 is 27.8. The molecule has 1 unspecified atom stereocenters. The summed E-state index contributed by atoms with van der Waals surface area (Å²) in [6.45, 7) is 2.92. The molecule has 7 heteroatoms. The van der Waals surface area contributed by atoms with E-state index >= 15 is 0 Å². The highest BCUT2D eigenvalue weighted by atomic mass is 35.5. The van der Waals surface area contributed by atoms with E-state index in [1.807, 2.05) is 37.3 Å². The lowest BCUT2D eigenvalue weighted by Crippen LogP contribution is -2.33. The summed E-state index contributed by atoms with van der Waals surface area (Å²) >= 11 is 6.25. The third-order valence-corrected chi connectivity index (χ3v) is 7.92. The maximum atomic E-state index is 13.2. The summed E-state index contributed by atoms with van der Waals surface area (Å²) in [6.07, 6.45) is 3.74. The molecule has 1 fully saturated rings. The maximum Gasteiger partial charge on any atom is 0.254 e. The third-order valence-electron chi connectivity index (χ3n) is 5.54. The highest BCUT2D eigenvalue weighted by molar-refractivity contribution is 7.89. The molecule has 3 rings (SSSR count). The topological polar surface area (TPSA) is 57.7 Å². The van der Waals surface area contributed by atoms with E-state index in [9.17, 15) is 13.2 Å². The molecule has 0 bridgehead atoms. The molecule has 0 N–H and O–H groups in total. The van der Waals surface area contributed by atoms with Gasteiger partial charge in [0.1, 0.15) is 4.90 Å². The molecule has 0 spiro atoms. The fourth-order valence-corrected chi connectivity index (χ4v) is 5.61. The first kappa shape index (κ1) is 21.8. The molecule has 0 aromatic heterocycles. The molecule has 2 aromatic rings. The molecule has 1 amide bonds. The third kappa shape index (κ3) is 4.82. The van der Waals surface area contributed by atoms with Crippen molar-refractivity contribution in [3.05, 3.63) is 64.7 Å². The molecule has 1 aliphatic heterocycles. The molecule has 1 heterocycles. The molecule has 156 valence electrons. The number of carbonyl (C=O) groups excluding carboxylic acids is 1. The van der Waals surface area contributed by atoms with Gasteiger partial charge in [-0.25, -0.2) is 8.42 Å². The van der Waals surface area contributed by atoms with Crippen LogP contribution in [0.2, 0.25) is 5.02 Å². The van der Waals surface area contributed by atoms with E-state index in [0.29, 0.717) is 18.7 Å². The van der Waals surface area contributed by atoms with Crippen LogP contribution in [0.3, 0.4) is 0 Å². The van der Waals surface area contributed by atoms with Crippen molar-refractivity contribution < 1.29 is 13.2 Å². The van der Waals surface area contributed by atoms with Gasteiger partial charge in [-0.2, -0.15) is 4.31 Å². The lowest BCUT2D eigenvalue weighted by atomic mass is 10.1. The number of amides is 1. The predicted molar refractivity (Wildman–Crippen MR) is 116 cm³/mol. The Labute approximate surface area is 178 Å². The summed E-state index contributed by atoms with van der Waals surface area (Å²) in [5.41, 5.74) is 1.32. The first-order valence-corrected chi connectivity index (χ1v) is 11.8. The summed E-state index contributed by atoms with van der Waals surface area (Å²) in [6, 6.07) is 14.1. The monoisotopic (exact) mass is 434 g/mol. The second kappa shape index (κ2) is 9.28. The normalized spacial score (nSPS) is 16.8.